The molecular weight excluding hydrogens is 356 g/mol. The monoisotopic (exact) mass is 378 g/mol. The van der Waals surface area contributed by atoms with Gasteiger partial charge in [0.1, 0.15) is 11.7 Å². The summed E-state index contributed by atoms with van der Waals surface area (Å²) in [6, 6.07) is 17.9. The van der Waals surface area contributed by atoms with E-state index in [0.29, 0.717) is 0 Å². The number of nitrogens with one attached hydrogen (secondary N) is 1. The zero-order chi connectivity index (χ0) is 19.9. The number of benzene rings is 2. The van der Waals surface area contributed by atoms with E-state index >= 15 is 0 Å². The van der Waals surface area contributed by atoms with Gasteiger partial charge in [0.25, 0.3) is 5.91 Å². The first kappa shape index (κ1) is 19.4. The molecule has 0 aromatic heterocycles. The van der Waals surface area contributed by atoms with Crippen LogP contribution in [0.1, 0.15) is 18.1 Å². The third-order valence-electron chi connectivity index (χ3n) is 4.35. The van der Waals surface area contributed by atoms with Crippen molar-refractivity contribution in [3.8, 4) is 0 Å². The van der Waals surface area contributed by atoms with Gasteiger partial charge in [0, 0.05) is 0 Å². The summed E-state index contributed by atoms with van der Waals surface area (Å²) in [7, 11) is 0. The molecule has 1 saturated heterocycles. The lowest BCUT2D eigenvalue weighted by atomic mass is 10.0. The average Bonchev–Trinajstić information content (AvgIpc) is 2.71. The number of ether oxygens (including phenoxy) is 1. The van der Waals surface area contributed by atoms with Gasteiger partial charge in [0.15, 0.2) is 0 Å². The third kappa shape index (κ3) is 4.65. The van der Waals surface area contributed by atoms with E-state index in [1.807, 2.05) is 60.7 Å². The lowest BCUT2D eigenvalue weighted by molar-refractivity contribution is -0.150. The summed E-state index contributed by atoms with van der Waals surface area (Å²) in [5.74, 6) is -1.11. The number of hydrogen-bond acceptors (Lipinski definition) is 4. The fraction of sp³-hybridized carbons (Fsp3) is 0.227. The third-order valence-corrected chi connectivity index (χ3v) is 4.35. The fourth-order valence-electron chi connectivity index (χ4n) is 2.94. The Morgan fingerprint density at radius 2 is 1.75 bits per heavy atom. The molecule has 0 aliphatic carbocycles. The lowest BCUT2D eigenvalue weighted by Crippen LogP contribution is -2.64. The molecule has 2 aromatic carbocycles. The molecule has 2 aromatic rings. The van der Waals surface area contributed by atoms with Crippen molar-refractivity contribution in [1.82, 2.24) is 10.2 Å². The second-order valence-electron chi connectivity index (χ2n) is 6.39. The number of β-lactam (4-membered cyclic amide) rings is 1. The van der Waals surface area contributed by atoms with Gasteiger partial charge in [-0.1, -0.05) is 60.7 Å². The van der Waals surface area contributed by atoms with Crippen molar-refractivity contribution in [2.75, 3.05) is 13.2 Å². The van der Waals surface area contributed by atoms with Gasteiger partial charge in [-0.05, 0) is 24.1 Å². The van der Waals surface area contributed by atoms with Gasteiger partial charge in [-0.2, -0.15) is 0 Å². The Morgan fingerprint density at radius 3 is 2.36 bits per heavy atom. The van der Waals surface area contributed by atoms with E-state index in [2.05, 4.69) is 5.32 Å². The van der Waals surface area contributed by atoms with Gasteiger partial charge in [0.05, 0.1) is 19.6 Å². The van der Waals surface area contributed by atoms with Gasteiger partial charge in [-0.15, -0.1) is 0 Å². The van der Waals surface area contributed by atoms with Gasteiger partial charge in [-0.25, -0.2) is 4.79 Å². The fourth-order valence-corrected chi connectivity index (χ4v) is 2.94. The minimum atomic E-state index is -0.634. The number of esters is 1. The smallest absolute Gasteiger partial charge is 0.355 e. The van der Waals surface area contributed by atoms with Crippen molar-refractivity contribution in [3.63, 3.8) is 0 Å². The van der Waals surface area contributed by atoms with E-state index in [4.69, 9.17) is 4.74 Å². The van der Waals surface area contributed by atoms with E-state index in [9.17, 15) is 14.4 Å². The van der Waals surface area contributed by atoms with Crippen LogP contribution in [0, 0.1) is 0 Å². The Labute approximate surface area is 163 Å². The van der Waals surface area contributed by atoms with E-state index in [1.165, 1.54) is 4.90 Å². The highest BCUT2D eigenvalue weighted by atomic mass is 16.5. The molecule has 0 bridgehead atoms. The van der Waals surface area contributed by atoms with Crippen LogP contribution in [0.3, 0.4) is 0 Å². The van der Waals surface area contributed by atoms with Crippen molar-refractivity contribution in [3.05, 3.63) is 77.5 Å². The number of amides is 2. The Balaban J connectivity index is 1.66. The van der Waals surface area contributed by atoms with Crippen LogP contribution in [0.15, 0.2) is 66.4 Å². The van der Waals surface area contributed by atoms with Crippen LogP contribution in [0.4, 0.5) is 0 Å². The largest absolute Gasteiger partial charge is 0.461 e. The van der Waals surface area contributed by atoms with E-state index in [1.54, 1.807) is 13.0 Å². The molecule has 1 fully saturated rings. The molecule has 1 unspecified atom stereocenters. The van der Waals surface area contributed by atoms with E-state index in [0.717, 1.165) is 11.1 Å². The topological polar surface area (TPSA) is 75.7 Å². The summed E-state index contributed by atoms with van der Waals surface area (Å²) >= 11 is 0. The molecule has 144 valence electrons. The first-order chi connectivity index (χ1) is 13.6. The lowest BCUT2D eigenvalue weighted by Gasteiger charge is -2.39. The molecule has 1 aliphatic heterocycles. The van der Waals surface area contributed by atoms with Gasteiger partial charge in [0.2, 0.25) is 5.91 Å². The number of likely N-dealkylation sites (tertiary alicyclic amines) is 1. The van der Waals surface area contributed by atoms with E-state index in [-0.39, 0.29) is 37.1 Å². The van der Waals surface area contributed by atoms with Crippen molar-refractivity contribution in [1.29, 1.82) is 0 Å². The summed E-state index contributed by atoms with van der Waals surface area (Å²) in [6.45, 7) is 2.16. The number of hydrogen-bond donors (Lipinski definition) is 1. The van der Waals surface area contributed by atoms with Gasteiger partial charge >= 0.3 is 5.97 Å². The first-order valence-corrected chi connectivity index (χ1v) is 9.17. The van der Waals surface area contributed by atoms with Crippen molar-refractivity contribution >= 4 is 23.9 Å². The highest BCUT2D eigenvalue weighted by Gasteiger charge is 2.42. The molecular formula is C22H22N2O4. The van der Waals surface area contributed by atoms with Crippen LogP contribution < -0.4 is 5.32 Å². The van der Waals surface area contributed by atoms with Crippen LogP contribution in [-0.4, -0.2) is 41.9 Å². The number of carbonyl (C=O) groups is 3. The minimum absolute atomic E-state index is 0.173. The molecule has 0 radical (unpaired) electrons. The molecule has 0 saturated carbocycles. The molecule has 28 heavy (non-hydrogen) atoms. The van der Waals surface area contributed by atoms with Crippen molar-refractivity contribution in [2.45, 2.75) is 19.4 Å². The van der Waals surface area contributed by atoms with Gasteiger partial charge < -0.3 is 15.0 Å². The summed E-state index contributed by atoms with van der Waals surface area (Å²) in [5.41, 5.74) is 1.83. The molecule has 6 nitrogen and oxygen atoms in total. The minimum Gasteiger partial charge on any atom is -0.461 e. The maximum atomic E-state index is 12.6. The first-order valence-electron chi connectivity index (χ1n) is 9.17. The predicted molar refractivity (Wildman–Crippen MR) is 105 cm³/mol. The molecule has 1 atom stereocenters. The molecule has 2 amide bonds. The summed E-state index contributed by atoms with van der Waals surface area (Å²) in [4.78, 5) is 38.4. The second kappa shape index (κ2) is 8.99. The Hall–Kier alpha value is -3.41. The molecule has 1 heterocycles. The van der Waals surface area contributed by atoms with Gasteiger partial charge in [-0.3, -0.25) is 9.59 Å². The van der Waals surface area contributed by atoms with Crippen molar-refractivity contribution < 1.29 is 19.1 Å². The summed E-state index contributed by atoms with van der Waals surface area (Å²) in [6.07, 6.45) is 1.83. The maximum Gasteiger partial charge on any atom is 0.355 e. The molecule has 1 N–H and O–H groups in total. The number of rotatable bonds is 7. The SMILES string of the molecule is CCOC(=O)C(=Cc1ccccc1)N1CC(NC(=O)Cc2ccccc2)C1=O. The molecule has 1 aliphatic rings. The second-order valence-corrected chi connectivity index (χ2v) is 6.39. The molecule has 3 rings (SSSR count). The maximum absolute atomic E-state index is 12.6. The Morgan fingerprint density at radius 1 is 1.11 bits per heavy atom. The van der Waals surface area contributed by atoms with E-state index < -0.39 is 12.0 Å². The van der Waals surface area contributed by atoms with Crippen LogP contribution in [0.5, 0.6) is 0 Å². The zero-order valence-electron chi connectivity index (χ0n) is 15.6. The standard InChI is InChI=1S/C22H22N2O4/c1-2-28-22(27)19(13-16-9-5-3-6-10-16)24-15-18(21(24)26)23-20(25)14-17-11-7-4-8-12-17/h3-13,18H,2,14-15H2,1H3,(H,23,25). The normalized spacial score (nSPS) is 16.3. The zero-order valence-corrected chi connectivity index (χ0v) is 15.6. The van der Waals surface area contributed by atoms with Crippen molar-refractivity contribution in [2.24, 2.45) is 0 Å². The quantitative estimate of drug-likeness (QED) is 0.455. The average molecular weight is 378 g/mol. The number of carbonyl (C=O) groups excluding carboxylic acids is 3. The van der Waals surface area contributed by atoms with Crippen LogP contribution in [-0.2, 0) is 25.5 Å². The Kier molecular flexibility index (Phi) is 6.22. The highest BCUT2D eigenvalue weighted by Crippen LogP contribution is 2.21. The highest BCUT2D eigenvalue weighted by molar-refractivity contribution is 6.03. The summed E-state index contributed by atoms with van der Waals surface area (Å²) in [5, 5.41) is 2.72. The number of nitrogens with zero attached hydrogens (tertiary/aromatic N) is 1. The van der Waals surface area contributed by atoms with Crippen LogP contribution >= 0.6 is 0 Å². The Bertz CT molecular complexity index is 878. The molecule has 6 heteroatoms. The predicted octanol–water partition coefficient (Wildman–Crippen LogP) is 2.16. The summed E-state index contributed by atoms with van der Waals surface area (Å²) < 4.78 is 5.09. The van der Waals surface area contributed by atoms with Crippen LogP contribution in [0.2, 0.25) is 0 Å². The van der Waals surface area contributed by atoms with Crippen LogP contribution in [0.25, 0.3) is 6.08 Å². The molecule has 0 spiro atoms.